The van der Waals surface area contributed by atoms with E-state index in [1.807, 2.05) is 0 Å². The molecule has 0 fully saturated rings. The van der Waals surface area contributed by atoms with Crippen molar-refractivity contribution in [3.8, 4) is 5.75 Å². The molecule has 1 rings (SSSR count). The van der Waals surface area contributed by atoms with Gasteiger partial charge in [0.2, 0.25) is 0 Å². The van der Waals surface area contributed by atoms with E-state index in [2.05, 4.69) is 0 Å². The Labute approximate surface area is 51.9 Å². The van der Waals surface area contributed by atoms with E-state index in [4.69, 9.17) is 9.52 Å². The third-order valence-corrected chi connectivity index (χ3v) is 0.924. The highest BCUT2D eigenvalue weighted by Crippen LogP contribution is 2.12. The Kier molecular flexibility index (Phi) is 1.53. The molecule has 1 heterocycles. The highest BCUT2D eigenvalue weighted by molar-refractivity contribution is 5.53. The van der Waals surface area contributed by atoms with Crippen LogP contribution in [0.2, 0.25) is 0 Å². The van der Waals surface area contributed by atoms with Crippen LogP contribution in [0.5, 0.6) is 5.75 Å². The van der Waals surface area contributed by atoms with E-state index < -0.39 is 0 Å². The Morgan fingerprint density at radius 3 is 3.00 bits per heavy atom. The number of furan rings is 1. The first-order valence-electron chi connectivity index (χ1n) is 2.53. The summed E-state index contributed by atoms with van der Waals surface area (Å²) in [6, 6.07) is 1.41. The van der Waals surface area contributed by atoms with Crippen molar-refractivity contribution in [2.45, 2.75) is 6.42 Å². The third-order valence-electron chi connectivity index (χ3n) is 0.924. The number of aldehydes is 1. The molecule has 0 aliphatic heterocycles. The fourth-order valence-corrected chi connectivity index (χ4v) is 0.558. The first-order chi connectivity index (χ1) is 4.33. The third kappa shape index (κ3) is 1.32. The molecule has 0 saturated heterocycles. The maximum absolute atomic E-state index is 9.84. The van der Waals surface area contributed by atoms with Crippen LogP contribution in [0, 0.1) is 0 Å². The zero-order chi connectivity index (χ0) is 6.69. The first kappa shape index (κ1) is 5.88. The van der Waals surface area contributed by atoms with Gasteiger partial charge in [0.25, 0.3) is 0 Å². The van der Waals surface area contributed by atoms with Crippen LogP contribution >= 0.6 is 0 Å². The van der Waals surface area contributed by atoms with Crippen LogP contribution in [0.4, 0.5) is 0 Å². The summed E-state index contributed by atoms with van der Waals surface area (Å²) in [6.45, 7) is 0. The standard InChI is InChI=1S/C6H6O3/c7-2-1-6-3-5(8)4-9-6/h2-4,8H,1H2. The zero-order valence-electron chi connectivity index (χ0n) is 4.70. The SMILES string of the molecule is O=CCc1cc(O)co1. The molecule has 0 radical (unpaired) electrons. The predicted octanol–water partition coefficient (Wildman–Crippen LogP) is 0.727. The average Bonchev–Trinajstić information content (AvgIpc) is 2.17. The minimum absolute atomic E-state index is 0.0619. The fourth-order valence-electron chi connectivity index (χ4n) is 0.558. The van der Waals surface area contributed by atoms with Crippen molar-refractivity contribution in [3.05, 3.63) is 18.1 Å². The summed E-state index contributed by atoms with van der Waals surface area (Å²) in [7, 11) is 0. The number of aromatic hydroxyl groups is 1. The molecule has 0 aromatic carbocycles. The van der Waals surface area contributed by atoms with E-state index in [0.29, 0.717) is 5.76 Å². The summed E-state index contributed by atoms with van der Waals surface area (Å²) in [5, 5.41) is 8.67. The van der Waals surface area contributed by atoms with E-state index in [1.54, 1.807) is 0 Å². The molecular formula is C6H6O3. The van der Waals surface area contributed by atoms with E-state index in [9.17, 15) is 4.79 Å². The quantitative estimate of drug-likeness (QED) is 0.594. The lowest BCUT2D eigenvalue weighted by molar-refractivity contribution is -0.107. The smallest absolute Gasteiger partial charge is 0.154 e. The van der Waals surface area contributed by atoms with Gasteiger partial charge in [0.05, 0.1) is 6.42 Å². The lowest BCUT2D eigenvalue weighted by atomic mass is 10.3. The largest absolute Gasteiger partial charge is 0.505 e. The van der Waals surface area contributed by atoms with Crippen LogP contribution in [-0.4, -0.2) is 11.4 Å². The number of rotatable bonds is 2. The Bertz CT molecular complexity index is 202. The van der Waals surface area contributed by atoms with Gasteiger partial charge in [-0.05, 0) is 0 Å². The molecule has 0 bridgehead atoms. The highest BCUT2D eigenvalue weighted by atomic mass is 16.4. The zero-order valence-corrected chi connectivity index (χ0v) is 4.70. The van der Waals surface area contributed by atoms with E-state index in [-0.39, 0.29) is 12.2 Å². The van der Waals surface area contributed by atoms with Crippen molar-refractivity contribution < 1.29 is 14.3 Å². The fraction of sp³-hybridized carbons (Fsp3) is 0.167. The molecule has 9 heavy (non-hydrogen) atoms. The summed E-state index contributed by atoms with van der Waals surface area (Å²) in [5.74, 6) is 0.550. The van der Waals surface area contributed by atoms with Crippen LogP contribution in [0.3, 0.4) is 0 Å². The van der Waals surface area contributed by atoms with Crippen molar-refractivity contribution in [2.24, 2.45) is 0 Å². The van der Waals surface area contributed by atoms with Crippen LogP contribution in [0.1, 0.15) is 5.76 Å². The van der Waals surface area contributed by atoms with Gasteiger partial charge in [-0.3, -0.25) is 0 Å². The molecule has 3 nitrogen and oxygen atoms in total. The van der Waals surface area contributed by atoms with E-state index >= 15 is 0 Å². The van der Waals surface area contributed by atoms with Gasteiger partial charge in [-0.25, -0.2) is 0 Å². The molecule has 1 aromatic rings. The second-order valence-corrected chi connectivity index (χ2v) is 1.64. The van der Waals surface area contributed by atoms with E-state index in [0.717, 1.165) is 6.29 Å². The van der Waals surface area contributed by atoms with Gasteiger partial charge in [0, 0.05) is 6.07 Å². The molecule has 0 amide bonds. The van der Waals surface area contributed by atoms with Crippen LogP contribution in [0.15, 0.2) is 16.7 Å². The Balaban J connectivity index is 2.72. The molecule has 1 N–H and O–H groups in total. The summed E-state index contributed by atoms with van der Waals surface area (Å²) >= 11 is 0. The molecule has 1 aromatic heterocycles. The average molecular weight is 126 g/mol. The van der Waals surface area contributed by atoms with Gasteiger partial charge in [-0.1, -0.05) is 0 Å². The Morgan fingerprint density at radius 2 is 2.56 bits per heavy atom. The van der Waals surface area contributed by atoms with Gasteiger partial charge in [0.15, 0.2) is 5.75 Å². The maximum atomic E-state index is 9.84. The number of carbonyl (C=O) groups is 1. The van der Waals surface area contributed by atoms with Crippen LogP contribution in [0.25, 0.3) is 0 Å². The minimum atomic E-state index is 0.0619. The molecule has 0 aliphatic rings. The highest BCUT2D eigenvalue weighted by Gasteiger charge is 1.96. The topological polar surface area (TPSA) is 50.4 Å². The number of carbonyl (C=O) groups excluding carboxylic acids is 1. The molecular weight excluding hydrogens is 120 g/mol. The summed E-state index contributed by atoms with van der Waals surface area (Å²) in [5.41, 5.74) is 0. The molecule has 0 unspecified atom stereocenters. The van der Waals surface area contributed by atoms with Crippen molar-refractivity contribution >= 4 is 6.29 Å². The number of hydrogen-bond acceptors (Lipinski definition) is 3. The summed E-state index contributed by atoms with van der Waals surface area (Å²) < 4.78 is 4.72. The Hall–Kier alpha value is -1.25. The molecule has 0 saturated carbocycles. The first-order valence-corrected chi connectivity index (χ1v) is 2.53. The second-order valence-electron chi connectivity index (χ2n) is 1.64. The van der Waals surface area contributed by atoms with Crippen LogP contribution in [-0.2, 0) is 11.2 Å². The monoisotopic (exact) mass is 126 g/mol. The van der Waals surface area contributed by atoms with E-state index in [1.165, 1.54) is 12.3 Å². The van der Waals surface area contributed by atoms with Crippen molar-refractivity contribution in [1.82, 2.24) is 0 Å². The van der Waals surface area contributed by atoms with Crippen molar-refractivity contribution in [2.75, 3.05) is 0 Å². The summed E-state index contributed by atoms with van der Waals surface area (Å²) in [4.78, 5) is 9.84. The summed E-state index contributed by atoms with van der Waals surface area (Å²) in [6.07, 6.45) is 2.14. The lowest BCUT2D eigenvalue weighted by Crippen LogP contribution is -1.78. The molecule has 0 aliphatic carbocycles. The van der Waals surface area contributed by atoms with Gasteiger partial charge in [-0.15, -0.1) is 0 Å². The molecule has 0 spiro atoms. The number of hydrogen-bond donors (Lipinski definition) is 1. The van der Waals surface area contributed by atoms with Crippen LogP contribution < -0.4 is 0 Å². The predicted molar refractivity (Wildman–Crippen MR) is 30.1 cm³/mol. The van der Waals surface area contributed by atoms with Gasteiger partial charge in [-0.2, -0.15) is 0 Å². The maximum Gasteiger partial charge on any atom is 0.154 e. The Morgan fingerprint density at radius 1 is 1.78 bits per heavy atom. The second kappa shape index (κ2) is 2.35. The lowest BCUT2D eigenvalue weighted by Gasteiger charge is -1.78. The van der Waals surface area contributed by atoms with Gasteiger partial charge in [0.1, 0.15) is 18.3 Å². The minimum Gasteiger partial charge on any atom is -0.505 e. The van der Waals surface area contributed by atoms with Crippen molar-refractivity contribution in [1.29, 1.82) is 0 Å². The molecule has 0 atom stereocenters. The van der Waals surface area contributed by atoms with Crippen molar-refractivity contribution in [3.63, 3.8) is 0 Å². The molecule has 3 heteroatoms. The molecule has 48 valence electrons. The normalized spacial score (nSPS) is 9.33. The van der Waals surface area contributed by atoms with Gasteiger partial charge < -0.3 is 14.3 Å². The van der Waals surface area contributed by atoms with Gasteiger partial charge >= 0.3 is 0 Å².